The van der Waals surface area contributed by atoms with Gasteiger partial charge in [-0.2, -0.15) is 0 Å². The van der Waals surface area contributed by atoms with Crippen LogP contribution in [0.1, 0.15) is 5.56 Å². The maximum Gasteiger partial charge on any atom is 0.524 e. The third-order valence-corrected chi connectivity index (χ3v) is 3.28. The van der Waals surface area contributed by atoms with Crippen molar-refractivity contribution in [3.05, 3.63) is 59.9 Å². The van der Waals surface area contributed by atoms with Crippen molar-refractivity contribution in [2.75, 3.05) is 5.32 Å². The Morgan fingerprint density at radius 2 is 1.74 bits per heavy atom. The molecule has 0 saturated carbocycles. The number of rotatable bonds is 5. The number of benzene rings is 2. The number of halogens is 1. The molecule has 0 bridgehead atoms. The Kier molecular flexibility index (Phi) is 5.68. The Labute approximate surface area is 137 Å². The molecule has 6 nitrogen and oxygen atoms in total. The molecule has 0 aliphatic rings. The summed E-state index contributed by atoms with van der Waals surface area (Å²) < 4.78 is 33.2. The zero-order valence-electron chi connectivity index (χ0n) is 11.7. The van der Waals surface area contributed by atoms with E-state index in [2.05, 4.69) is 9.84 Å². The number of thiocarbonyl (C=S) groups is 1. The summed E-state index contributed by atoms with van der Waals surface area (Å²) in [7, 11) is -4.57. The monoisotopic (exact) mass is 357 g/mol. The van der Waals surface area contributed by atoms with Gasteiger partial charge >= 0.3 is 7.82 Å². The third-order valence-electron chi connectivity index (χ3n) is 2.61. The number of phosphoric ester groups is 1. The summed E-state index contributed by atoms with van der Waals surface area (Å²) in [6.45, 7) is 0.156. The fourth-order valence-electron chi connectivity index (χ4n) is 1.62. The number of nitrogens with one attached hydrogen (secondary N) is 1. The van der Waals surface area contributed by atoms with E-state index >= 15 is 0 Å². The molecule has 3 N–H and O–H groups in total. The fourth-order valence-corrected chi connectivity index (χ4v) is 2.19. The van der Waals surface area contributed by atoms with E-state index in [0.29, 0.717) is 5.69 Å². The van der Waals surface area contributed by atoms with Crippen LogP contribution in [0.4, 0.5) is 10.1 Å². The number of phosphoric acid groups is 1. The van der Waals surface area contributed by atoms with Gasteiger partial charge in [0.25, 0.3) is 5.17 Å². The van der Waals surface area contributed by atoms with Crippen LogP contribution < -0.4 is 9.84 Å². The van der Waals surface area contributed by atoms with Gasteiger partial charge in [-0.25, -0.2) is 8.96 Å². The highest BCUT2D eigenvalue weighted by molar-refractivity contribution is 7.80. The Morgan fingerprint density at radius 1 is 1.13 bits per heavy atom. The molecule has 0 spiro atoms. The summed E-state index contributed by atoms with van der Waals surface area (Å²) >= 11 is 5.01. The second kappa shape index (κ2) is 7.52. The van der Waals surface area contributed by atoms with Crippen molar-refractivity contribution in [2.24, 2.45) is 0 Å². The summed E-state index contributed by atoms with van der Waals surface area (Å²) in [5.41, 5.74) is 1.33. The number of ether oxygens (including phenoxy) is 1. The highest BCUT2D eigenvalue weighted by Crippen LogP contribution is 2.37. The maximum atomic E-state index is 12.8. The molecule has 0 fully saturated rings. The van der Waals surface area contributed by atoms with Gasteiger partial charge in [-0.3, -0.25) is 9.79 Å². The van der Waals surface area contributed by atoms with Gasteiger partial charge in [-0.15, -0.1) is 0 Å². The van der Waals surface area contributed by atoms with Gasteiger partial charge in [-0.05, 0) is 54.2 Å². The van der Waals surface area contributed by atoms with Gasteiger partial charge < -0.3 is 14.6 Å². The van der Waals surface area contributed by atoms with Crippen molar-refractivity contribution in [1.82, 2.24) is 0 Å². The summed E-state index contributed by atoms with van der Waals surface area (Å²) in [6, 6.07) is 11.6. The first kappa shape index (κ1) is 17.4. The average molecular weight is 357 g/mol. The van der Waals surface area contributed by atoms with Crippen molar-refractivity contribution < 1.29 is 28.0 Å². The molecule has 0 heterocycles. The van der Waals surface area contributed by atoms with Crippen LogP contribution in [0.5, 0.6) is 5.75 Å². The van der Waals surface area contributed by atoms with E-state index in [1.807, 2.05) is 0 Å². The van der Waals surface area contributed by atoms with Crippen LogP contribution in [-0.4, -0.2) is 15.0 Å². The van der Waals surface area contributed by atoms with Crippen LogP contribution in [0.2, 0.25) is 0 Å². The van der Waals surface area contributed by atoms with Crippen LogP contribution in [-0.2, 0) is 15.9 Å². The summed E-state index contributed by atoms with van der Waals surface area (Å²) in [5, 5.41) is 2.91. The first-order chi connectivity index (χ1) is 10.8. The van der Waals surface area contributed by atoms with E-state index in [-0.39, 0.29) is 23.3 Å². The topological polar surface area (TPSA) is 88.0 Å². The average Bonchev–Trinajstić information content (AvgIpc) is 2.47. The molecule has 0 radical (unpaired) electrons. The molecule has 0 unspecified atom stereocenters. The van der Waals surface area contributed by atoms with Gasteiger partial charge in [0.1, 0.15) is 18.2 Å². The molecule has 2 aromatic rings. The van der Waals surface area contributed by atoms with Crippen LogP contribution in [0.15, 0.2) is 48.5 Å². The molecule has 0 aliphatic carbocycles. The number of hydrogen-bond acceptors (Lipinski definition) is 4. The molecule has 0 aromatic heterocycles. The quantitative estimate of drug-likeness (QED) is 0.559. The van der Waals surface area contributed by atoms with Crippen LogP contribution >= 0.6 is 20.0 Å². The summed E-state index contributed by atoms with van der Waals surface area (Å²) in [5.74, 6) is -0.297. The van der Waals surface area contributed by atoms with Gasteiger partial charge in [0.05, 0.1) is 0 Å². The van der Waals surface area contributed by atoms with Crippen molar-refractivity contribution in [2.45, 2.75) is 6.61 Å². The number of hydrogen-bond donors (Lipinski definition) is 3. The second-order valence-electron chi connectivity index (χ2n) is 4.43. The minimum Gasteiger partial charge on any atom is -0.466 e. The van der Waals surface area contributed by atoms with Crippen molar-refractivity contribution in [1.29, 1.82) is 0 Å². The minimum atomic E-state index is -4.57. The smallest absolute Gasteiger partial charge is 0.466 e. The second-order valence-corrected chi connectivity index (χ2v) is 5.97. The van der Waals surface area contributed by atoms with Gasteiger partial charge in [0.15, 0.2) is 0 Å². The highest BCUT2D eigenvalue weighted by Gasteiger charge is 2.15. The summed E-state index contributed by atoms with van der Waals surface area (Å²) in [6.07, 6.45) is 0. The Morgan fingerprint density at radius 3 is 2.30 bits per heavy atom. The molecule has 0 amide bonds. The van der Waals surface area contributed by atoms with E-state index in [9.17, 15) is 8.96 Å². The lowest BCUT2D eigenvalue weighted by molar-refractivity contribution is 0.283. The van der Waals surface area contributed by atoms with E-state index < -0.39 is 7.82 Å². The van der Waals surface area contributed by atoms with Crippen LogP contribution in [0.3, 0.4) is 0 Å². The molecule has 0 aliphatic heterocycles. The molecule has 23 heavy (non-hydrogen) atoms. The molecule has 0 saturated heterocycles. The van der Waals surface area contributed by atoms with Crippen molar-refractivity contribution in [3.63, 3.8) is 0 Å². The van der Waals surface area contributed by atoms with Crippen LogP contribution in [0, 0.1) is 5.82 Å². The zero-order valence-corrected chi connectivity index (χ0v) is 13.4. The van der Waals surface area contributed by atoms with Gasteiger partial charge in [-0.1, -0.05) is 12.1 Å². The summed E-state index contributed by atoms with van der Waals surface area (Å²) in [4.78, 5) is 17.4. The lowest BCUT2D eigenvalue weighted by Gasteiger charge is -2.10. The molecular weight excluding hydrogens is 344 g/mol. The van der Waals surface area contributed by atoms with Gasteiger partial charge in [0.2, 0.25) is 0 Å². The Hall–Kier alpha value is -1.99. The molecule has 0 atom stereocenters. The fraction of sp³-hybridized carbons (Fsp3) is 0.0714. The highest BCUT2D eigenvalue weighted by atomic mass is 32.1. The SMILES string of the molecule is O=P(O)(O)Oc1ccc(COC(=S)Nc2ccc(F)cc2)cc1. The predicted molar refractivity (Wildman–Crippen MR) is 86.5 cm³/mol. The molecule has 2 rings (SSSR count). The zero-order chi connectivity index (χ0) is 16.9. The van der Waals surface area contributed by atoms with E-state index in [4.69, 9.17) is 26.7 Å². The normalized spacial score (nSPS) is 10.9. The third kappa shape index (κ3) is 6.33. The van der Waals surface area contributed by atoms with E-state index in [1.165, 1.54) is 36.4 Å². The van der Waals surface area contributed by atoms with Crippen LogP contribution in [0.25, 0.3) is 0 Å². The molecular formula is C14H13FNO5PS. The molecule has 122 valence electrons. The molecule has 2 aromatic carbocycles. The number of anilines is 1. The first-order valence-electron chi connectivity index (χ1n) is 6.35. The lowest BCUT2D eigenvalue weighted by Crippen LogP contribution is -2.13. The molecule has 9 heteroatoms. The lowest BCUT2D eigenvalue weighted by atomic mass is 10.2. The Balaban J connectivity index is 1.84. The van der Waals surface area contributed by atoms with Crippen molar-refractivity contribution >= 4 is 30.9 Å². The van der Waals surface area contributed by atoms with E-state index in [1.54, 1.807) is 12.1 Å². The van der Waals surface area contributed by atoms with Gasteiger partial charge in [0, 0.05) is 5.69 Å². The predicted octanol–water partition coefficient (Wildman–Crippen LogP) is 3.21. The first-order valence-corrected chi connectivity index (χ1v) is 8.29. The van der Waals surface area contributed by atoms with Crippen molar-refractivity contribution in [3.8, 4) is 5.75 Å². The Bertz CT molecular complexity index is 717. The van der Waals surface area contributed by atoms with E-state index in [0.717, 1.165) is 5.56 Å². The largest absolute Gasteiger partial charge is 0.524 e. The minimum absolute atomic E-state index is 0.0501. The maximum absolute atomic E-state index is 12.8. The standard InChI is InChI=1S/C14H13FNO5PS/c15-11-3-5-12(6-4-11)16-14(23)20-9-10-1-7-13(8-2-10)21-22(17,18)19/h1-8H,9H2,(H,16,23)(H2,17,18,19).